The zero-order chi connectivity index (χ0) is 27.4. The average Bonchev–Trinajstić information content (AvgIpc) is 3.52. The van der Waals surface area contributed by atoms with E-state index in [0.29, 0.717) is 49.7 Å². The number of hydrogen-bond acceptors (Lipinski definition) is 7. The van der Waals surface area contributed by atoms with Crippen LogP contribution in [0.3, 0.4) is 0 Å². The van der Waals surface area contributed by atoms with E-state index in [9.17, 15) is 22.7 Å². The van der Waals surface area contributed by atoms with Crippen LogP contribution in [-0.2, 0) is 14.8 Å². The summed E-state index contributed by atoms with van der Waals surface area (Å²) >= 11 is 0. The van der Waals surface area contributed by atoms with Gasteiger partial charge in [0.25, 0.3) is 0 Å². The van der Waals surface area contributed by atoms with Crippen molar-refractivity contribution < 1.29 is 36.9 Å². The number of hydrogen-bond donors (Lipinski definition) is 1. The minimum Gasteiger partial charge on any atom is -0.491 e. The molecule has 208 valence electrons. The van der Waals surface area contributed by atoms with E-state index in [0.717, 1.165) is 5.56 Å². The Morgan fingerprint density at radius 2 is 1.84 bits per heavy atom. The second-order valence-electron chi connectivity index (χ2n) is 9.45. The van der Waals surface area contributed by atoms with Crippen LogP contribution in [0.25, 0.3) is 0 Å². The highest BCUT2D eigenvalue weighted by molar-refractivity contribution is 7.89. The van der Waals surface area contributed by atoms with Crippen LogP contribution in [0.2, 0.25) is 0 Å². The second kappa shape index (κ2) is 11.9. The van der Waals surface area contributed by atoms with Gasteiger partial charge in [-0.05, 0) is 55.7 Å². The van der Waals surface area contributed by atoms with Crippen molar-refractivity contribution in [2.75, 3.05) is 45.3 Å². The van der Waals surface area contributed by atoms with E-state index in [1.54, 1.807) is 32.0 Å². The van der Waals surface area contributed by atoms with Gasteiger partial charge in [0.2, 0.25) is 16.8 Å². The fourth-order valence-corrected chi connectivity index (χ4v) is 6.56. The lowest BCUT2D eigenvalue weighted by atomic mass is 9.82. The molecule has 11 heteroatoms. The first-order chi connectivity index (χ1) is 18.2. The molecular weight excluding hydrogens is 515 g/mol. The van der Waals surface area contributed by atoms with Gasteiger partial charge in [-0.2, -0.15) is 0 Å². The molecule has 0 spiro atoms. The molecule has 2 aliphatic heterocycles. The summed E-state index contributed by atoms with van der Waals surface area (Å²) in [5.41, 5.74) is 1.27. The number of carbonyl (C=O) groups is 1. The van der Waals surface area contributed by atoms with Crippen molar-refractivity contribution in [3.63, 3.8) is 0 Å². The number of fused-ring (bicyclic) bond motifs is 1. The molecule has 0 amide bonds. The Morgan fingerprint density at radius 3 is 2.50 bits per heavy atom. The number of aliphatic carboxylic acids is 1. The molecule has 9 nitrogen and oxygen atoms in total. The first-order valence-corrected chi connectivity index (χ1v) is 14.6. The number of nitrogens with zero attached hydrogens (tertiary/aromatic N) is 2. The molecule has 0 unspecified atom stereocenters. The van der Waals surface area contributed by atoms with E-state index < -0.39 is 39.7 Å². The molecule has 3 atom stereocenters. The summed E-state index contributed by atoms with van der Waals surface area (Å²) < 4.78 is 58.0. The average molecular weight is 551 g/mol. The Bertz CT molecular complexity index is 1260. The van der Waals surface area contributed by atoms with E-state index in [-0.39, 0.29) is 24.8 Å². The predicted molar refractivity (Wildman–Crippen MR) is 140 cm³/mol. The van der Waals surface area contributed by atoms with Gasteiger partial charge in [0, 0.05) is 38.1 Å². The van der Waals surface area contributed by atoms with Crippen LogP contribution in [0.1, 0.15) is 50.3 Å². The quantitative estimate of drug-likeness (QED) is 0.425. The molecular formula is C27H35FN2O7S. The van der Waals surface area contributed by atoms with Gasteiger partial charge in [-0.25, -0.2) is 17.1 Å². The number of rotatable bonds is 12. The van der Waals surface area contributed by atoms with Crippen LogP contribution in [0.4, 0.5) is 4.39 Å². The lowest BCUT2D eigenvalue weighted by Crippen LogP contribution is -2.40. The van der Waals surface area contributed by atoms with Crippen molar-refractivity contribution in [3.8, 4) is 17.2 Å². The standard InChI is InChI=1S/C27H35FN2O7S/c1-4-11-30(38(33,34)6-3)13-12-29-16-20(18-7-10-23-24(15-18)37-17-36-23)25(27(31)32)26(29)19-8-9-22(35-5-2)21(28)14-19/h7-10,14-15,20,25-26H,4-6,11-13,16-17H2,1-3H3,(H,31,32)/t20-,25-,26+/m0/s1. The van der Waals surface area contributed by atoms with Crippen LogP contribution in [0.15, 0.2) is 36.4 Å². The van der Waals surface area contributed by atoms with Crippen molar-refractivity contribution in [1.29, 1.82) is 0 Å². The zero-order valence-electron chi connectivity index (χ0n) is 21.9. The van der Waals surface area contributed by atoms with Gasteiger partial charge >= 0.3 is 5.97 Å². The van der Waals surface area contributed by atoms with Gasteiger partial charge < -0.3 is 19.3 Å². The Kier molecular flexibility index (Phi) is 8.79. The number of sulfonamides is 1. The largest absolute Gasteiger partial charge is 0.491 e. The van der Waals surface area contributed by atoms with Crippen LogP contribution in [0, 0.1) is 11.7 Å². The maximum Gasteiger partial charge on any atom is 0.309 e. The first kappa shape index (κ1) is 28.1. The number of carboxylic acid groups (broad SMARTS) is 1. The molecule has 0 saturated carbocycles. The Hall–Kier alpha value is -2.89. The molecule has 2 aromatic carbocycles. The minimum absolute atomic E-state index is 0.0158. The summed E-state index contributed by atoms with van der Waals surface area (Å²) in [4.78, 5) is 14.7. The Morgan fingerprint density at radius 1 is 1.11 bits per heavy atom. The summed E-state index contributed by atoms with van der Waals surface area (Å²) in [5.74, 6) is -1.69. The van der Waals surface area contributed by atoms with E-state index in [2.05, 4.69) is 0 Å². The third-order valence-electron chi connectivity index (χ3n) is 7.17. The zero-order valence-corrected chi connectivity index (χ0v) is 22.7. The normalized spacial score (nSPS) is 21.2. The summed E-state index contributed by atoms with van der Waals surface area (Å²) in [7, 11) is -3.43. The highest BCUT2D eigenvalue weighted by atomic mass is 32.2. The first-order valence-electron chi connectivity index (χ1n) is 13.0. The van der Waals surface area contributed by atoms with E-state index >= 15 is 0 Å². The number of ether oxygens (including phenoxy) is 3. The van der Waals surface area contributed by atoms with Crippen molar-refractivity contribution in [2.45, 2.75) is 39.2 Å². The van der Waals surface area contributed by atoms with Gasteiger partial charge in [0.15, 0.2) is 23.1 Å². The van der Waals surface area contributed by atoms with Crippen molar-refractivity contribution in [2.24, 2.45) is 5.92 Å². The SMILES string of the molecule is CCCN(CCN1C[C@@H](c2ccc3c(c2)OCO3)[C@H](C(=O)O)[C@H]1c1ccc(OCC)c(F)c1)S(=O)(=O)CC. The number of halogens is 1. The van der Waals surface area contributed by atoms with Gasteiger partial charge in [-0.15, -0.1) is 0 Å². The van der Waals surface area contributed by atoms with E-state index in [1.807, 2.05) is 17.9 Å². The maximum atomic E-state index is 14.9. The van der Waals surface area contributed by atoms with E-state index in [4.69, 9.17) is 14.2 Å². The minimum atomic E-state index is -3.43. The van der Waals surface area contributed by atoms with Crippen LogP contribution < -0.4 is 14.2 Å². The summed E-state index contributed by atoms with van der Waals surface area (Å²) in [6, 6.07) is 9.25. The van der Waals surface area contributed by atoms with Gasteiger partial charge in [0.1, 0.15) is 0 Å². The van der Waals surface area contributed by atoms with E-state index in [1.165, 1.54) is 16.4 Å². The molecule has 4 rings (SSSR count). The van der Waals surface area contributed by atoms with Gasteiger partial charge in [-0.3, -0.25) is 9.69 Å². The smallest absolute Gasteiger partial charge is 0.309 e. The fourth-order valence-electron chi connectivity index (χ4n) is 5.37. The topological polar surface area (TPSA) is 106 Å². The van der Waals surface area contributed by atoms with Gasteiger partial charge in [0.05, 0.1) is 18.3 Å². The van der Waals surface area contributed by atoms with Crippen molar-refractivity contribution in [3.05, 3.63) is 53.3 Å². The van der Waals surface area contributed by atoms with Crippen LogP contribution in [0.5, 0.6) is 17.2 Å². The third-order valence-corrected chi connectivity index (χ3v) is 9.05. The Balaban J connectivity index is 1.72. The molecule has 38 heavy (non-hydrogen) atoms. The van der Waals surface area contributed by atoms with Crippen LogP contribution >= 0.6 is 0 Å². The number of likely N-dealkylation sites (tertiary alicyclic amines) is 1. The van der Waals surface area contributed by atoms with Crippen LogP contribution in [-0.4, -0.2) is 74.0 Å². The molecule has 0 aliphatic carbocycles. The maximum absolute atomic E-state index is 14.9. The molecule has 2 aliphatic rings. The summed E-state index contributed by atoms with van der Waals surface area (Å²) in [6.45, 7) is 6.91. The molecule has 2 aromatic rings. The van der Waals surface area contributed by atoms with Gasteiger partial charge in [-0.1, -0.05) is 19.1 Å². The molecule has 1 saturated heterocycles. The predicted octanol–water partition coefficient (Wildman–Crippen LogP) is 3.86. The molecule has 2 heterocycles. The molecule has 0 aromatic heterocycles. The monoisotopic (exact) mass is 550 g/mol. The second-order valence-corrected chi connectivity index (χ2v) is 11.7. The number of carboxylic acids is 1. The lowest BCUT2D eigenvalue weighted by molar-refractivity contribution is -0.143. The molecule has 1 fully saturated rings. The molecule has 0 bridgehead atoms. The third kappa shape index (κ3) is 5.74. The molecule has 1 N–H and O–H groups in total. The number of benzene rings is 2. The Labute approximate surface area is 223 Å². The van der Waals surface area contributed by atoms with Crippen molar-refractivity contribution in [1.82, 2.24) is 9.21 Å². The summed E-state index contributed by atoms with van der Waals surface area (Å²) in [5, 5.41) is 10.4. The molecule has 0 radical (unpaired) electrons. The highest BCUT2D eigenvalue weighted by Gasteiger charge is 2.47. The summed E-state index contributed by atoms with van der Waals surface area (Å²) in [6.07, 6.45) is 0.657. The van der Waals surface area contributed by atoms with Crippen molar-refractivity contribution >= 4 is 16.0 Å². The highest BCUT2D eigenvalue weighted by Crippen LogP contribution is 2.48. The fraction of sp³-hybridized carbons (Fsp3) is 0.519. The lowest BCUT2D eigenvalue weighted by Gasteiger charge is -2.30.